The van der Waals surface area contributed by atoms with E-state index in [2.05, 4.69) is 0 Å². The predicted octanol–water partition coefficient (Wildman–Crippen LogP) is 3.60. The topological polar surface area (TPSA) is 66.9 Å². The van der Waals surface area contributed by atoms with Crippen molar-refractivity contribution >= 4 is 33.3 Å². The normalized spacial score (nSPS) is 12.3. The van der Waals surface area contributed by atoms with Crippen molar-refractivity contribution < 1.29 is 8.83 Å². The molecule has 0 atom stereocenters. The fourth-order valence-electron chi connectivity index (χ4n) is 4.08. The van der Waals surface area contributed by atoms with Crippen LogP contribution < -0.4 is 21.1 Å². The smallest absolute Gasteiger partial charge is 0.340 e. The molecule has 0 fully saturated rings. The van der Waals surface area contributed by atoms with Gasteiger partial charge in [-0.2, -0.15) is 0 Å². The Morgan fingerprint density at radius 3 is 1.48 bits per heavy atom. The summed E-state index contributed by atoms with van der Waals surface area (Å²) in [5.41, 5.74) is 4.69. The van der Waals surface area contributed by atoms with Crippen LogP contribution in [0.3, 0.4) is 0 Å². The zero-order valence-electron chi connectivity index (χ0n) is 16.7. The van der Waals surface area contributed by atoms with Crippen LogP contribution in [-0.2, 0) is 6.42 Å². The van der Waals surface area contributed by atoms with Crippen molar-refractivity contribution in [3.63, 3.8) is 0 Å². The molecule has 146 valence electrons. The van der Waals surface area contributed by atoms with E-state index in [1.54, 1.807) is 0 Å². The van der Waals surface area contributed by atoms with Gasteiger partial charge in [0.05, 0.1) is 11.1 Å². The Kier molecular flexibility index (Phi) is 3.62. The van der Waals surface area contributed by atoms with Gasteiger partial charge in [-0.15, -0.1) is 0 Å². The predicted molar refractivity (Wildman–Crippen MR) is 115 cm³/mol. The van der Waals surface area contributed by atoms with Crippen LogP contribution in [0.2, 0.25) is 0 Å². The molecule has 2 aromatic heterocycles. The Hall–Kier alpha value is -3.54. The molecule has 0 bridgehead atoms. The maximum Gasteiger partial charge on any atom is 0.340 e. The lowest BCUT2D eigenvalue weighted by Crippen LogP contribution is -2.10. The number of hydrogen-bond donors (Lipinski definition) is 0. The Labute approximate surface area is 166 Å². The van der Waals surface area contributed by atoms with Gasteiger partial charge in [0.15, 0.2) is 0 Å². The Balaban J connectivity index is 1.90. The van der Waals surface area contributed by atoms with Crippen LogP contribution in [0.25, 0.3) is 33.1 Å². The first-order valence-electron chi connectivity index (χ1n) is 9.39. The summed E-state index contributed by atoms with van der Waals surface area (Å²) in [6.45, 7) is 0. The molecule has 0 saturated carbocycles. The highest BCUT2D eigenvalue weighted by molar-refractivity contribution is 6.07. The molecule has 0 amide bonds. The van der Waals surface area contributed by atoms with Gasteiger partial charge in [-0.25, -0.2) is 9.59 Å². The summed E-state index contributed by atoms with van der Waals surface area (Å²) in [6.07, 6.45) is 0.228. The molecule has 0 spiro atoms. The highest BCUT2D eigenvalue weighted by atomic mass is 16.4. The summed E-state index contributed by atoms with van der Waals surface area (Å²) < 4.78 is 11.2. The van der Waals surface area contributed by atoms with Gasteiger partial charge < -0.3 is 18.6 Å². The molecule has 0 saturated heterocycles. The molecule has 2 aromatic carbocycles. The van der Waals surface area contributed by atoms with Crippen molar-refractivity contribution in [3.8, 4) is 11.1 Å². The third-order valence-electron chi connectivity index (χ3n) is 5.61. The van der Waals surface area contributed by atoms with E-state index in [0.717, 1.165) is 33.3 Å². The van der Waals surface area contributed by atoms with Crippen molar-refractivity contribution in [1.82, 2.24) is 0 Å². The molecule has 2 heterocycles. The molecular formula is C23H20N2O4. The molecule has 1 aliphatic carbocycles. The lowest BCUT2D eigenvalue weighted by atomic mass is 9.98. The first kappa shape index (κ1) is 17.6. The molecule has 6 heteroatoms. The lowest BCUT2D eigenvalue weighted by Gasteiger charge is -2.15. The Bertz CT molecular complexity index is 1320. The van der Waals surface area contributed by atoms with E-state index in [4.69, 9.17) is 8.83 Å². The van der Waals surface area contributed by atoms with Crippen LogP contribution in [0.15, 0.2) is 54.8 Å². The van der Waals surface area contributed by atoms with Crippen LogP contribution in [0.4, 0.5) is 11.4 Å². The standard InChI is InChI=1S/C23H20N2O4/c1-24(2)12-5-7-14-18(9-12)28-22(26)16-11-17-21(20(14)16)15-8-6-13(25(3)4)10-19(15)29-23(17)27/h5-10H,11H2,1-4H3. The molecule has 1 aliphatic rings. The Morgan fingerprint density at radius 1 is 0.690 bits per heavy atom. The van der Waals surface area contributed by atoms with Gasteiger partial charge >= 0.3 is 11.3 Å². The highest BCUT2D eigenvalue weighted by Crippen LogP contribution is 2.43. The second kappa shape index (κ2) is 5.98. The average molecular weight is 388 g/mol. The summed E-state index contributed by atoms with van der Waals surface area (Å²) in [4.78, 5) is 29.4. The number of anilines is 2. The van der Waals surface area contributed by atoms with Crippen molar-refractivity contribution in [3.05, 3.63) is 68.4 Å². The minimum atomic E-state index is -0.405. The third-order valence-corrected chi connectivity index (χ3v) is 5.61. The summed E-state index contributed by atoms with van der Waals surface area (Å²) in [6, 6.07) is 11.6. The monoisotopic (exact) mass is 388 g/mol. The molecule has 0 aliphatic heterocycles. The average Bonchev–Trinajstić information content (AvgIpc) is 3.09. The molecule has 0 unspecified atom stereocenters. The van der Waals surface area contributed by atoms with Gasteiger partial charge in [-0.05, 0) is 24.3 Å². The zero-order chi connectivity index (χ0) is 20.4. The molecule has 0 radical (unpaired) electrons. The van der Waals surface area contributed by atoms with Gasteiger partial charge in [-0.3, -0.25) is 0 Å². The molecule has 4 aromatic rings. The molecule has 0 N–H and O–H groups in total. The van der Waals surface area contributed by atoms with Gasteiger partial charge in [0, 0.05) is 80.0 Å². The number of benzene rings is 2. The number of fused-ring (bicyclic) bond motifs is 7. The van der Waals surface area contributed by atoms with Crippen LogP contribution in [0, 0.1) is 0 Å². The molecule has 29 heavy (non-hydrogen) atoms. The van der Waals surface area contributed by atoms with Crippen molar-refractivity contribution in [2.75, 3.05) is 38.0 Å². The van der Waals surface area contributed by atoms with Gasteiger partial charge in [-0.1, -0.05) is 0 Å². The maximum atomic E-state index is 12.7. The van der Waals surface area contributed by atoms with Gasteiger partial charge in [0.2, 0.25) is 0 Å². The van der Waals surface area contributed by atoms with E-state index in [0.29, 0.717) is 22.3 Å². The second-order valence-electron chi connectivity index (χ2n) is 7.81. The van der Waals surface area contributed by atoms with Crippen LogP contribution >= 0.6 is 0 Å². The lowest BCUT2D eigenvalue weighted by molar-refractivity contribution is 0.547. The fraction of sp³-hybridized carbons (Fsp3) is 0.217. The van der Waals surface area contributed by atoms with Crippen molar-refractivity contribution in [1.29, 1.82) is 0 Å². The maximum absolute atomic E-state index is 12.7. The second-order valence-corrected chi connectivity index (χ2v) is 7.81. The van der Waals surface area contributed by atoms with E-state index >= 15 is 0 Å². The van der Waals surface area contributed by atoms with E-state index in [1.807, 2.05) is 74.4 Å². The van der Waals surface area contributed by atoms with Crippen molar-refractivity contribution in [2.45, 2.75) is 6.42 Å². The van der Waals surface area contributed by atoms with E-state index in [1.165, 1.54) is 0 Å². The van der Waals surface area contributed by atoms with Gasteiger partial charge in [0.1, 0.15) is 11.2 Å². The number of rotatable bonds is 2. The Morgan fingerprint density at radius 2 is 1.10 bits per heavy atom. The van der Waals surface area contributed by atoms with Crippen LogP contribution in [-0.4, -0.2) is 28.2 Å². The highest BCUT2D eigenvalue weighted by Gasteiger charge is 2.30. The summed E-state index contributed by atoms with van der Waals surface area (Å²) in [5, 5.41) is 1.65. The quantitative estimate of drug-likeness (QED) is 0.431. The van der Waals surface area contributed by atoms with E-state index in [9.17, 15) is 9.59 Å². The van der Waals surface area contributed by atoms with E-state index < -0.39 is 11.3 Å². The SMILES string of the molecule is CN(C)c1ccc2c3c(c(=O)oc2c1)Cc1c-3c2ccc(N(C)C)cc2oc1=O. The first-order valence-corrected chi connectivity index (χ1v) is 9.39. The molecule has 5 rings (SSSR count). The fourth-order valence-corrected chi connectivity index (χ4v) is 4.08. The number of hydrogen-bond acceptors (Lipinski definition) is 6. The summed E-state index contributed by atoms with van der Waals surface area (Å²) >= 11 is 0. The summed E-state index contributed by atoms with van der Waals surface area (Å²) in [7, 11) is 7.73. The van der Waals surface area contributed by atoms with Crippen molar-refractivity contribution in [2.24, 2.45) is 0 Å². The number of nitrogens with zero attached hydrogens (tertiary/aromatic N) is 2. The minimum Gasteiger partial charge on any atom is -0.422 e. The van der Waals surface area contributed by atoms with Crippen LogP contribution in [0.1, 0.15) is 11.1 Å². The summed E-state index contributed by atoms with van der Waals surface area (Å²) in [5.74, 6) is 0. The molecular weight excluding hydrogens is 368 g/mol. The molecule has 6 nitrogen and oxygen atoms in total. The first-order chi connectivity index (χ1) is 13.8. The largest absolute Gasteiger partial charge is 0.422 e. The third kappa shape index (κ3) is 2.49. The zero-order valence-corrected chi connectivity index (χ0v) is 16.7. The van der Waals surface area contributed by atoms with E-state index in [-0.39, 0.29) is 6.42 Å². The minimum absolute atomic E-state index is 0.228. The van der Waals surface area contributed by atoms with Crippen LogP contribution in [0.5, 0.6) is 0 Å². The van der Waals surface area contributed by atoms with Gasteiger partial charge in [0.25, 0.3) is 0 Å².